The van der Waals surface area contributed by atoms with E-state index in [9.17, 15) is 22.8 Å². The van der Waals surface area contributed by atoms with Gasteiger partial charge in [0.2, 0.25) is 0 Å². The van der Waals surface area contributed by atoms with Crippen LogP contribution in [0.25, 0.3) is 22.1 Å². The fraction of sp³-hybridized carbons (Fsp3) is 0.158. The van der Waals surface area contributed by atoms with Gasteiger partial charge in [0.1, 0.15) is 5.58 Å². The van der Waals surface area contributed by atoms with Crippen molar-refractivity contribution >= 4 is 39.4 Å². The maximum Gasteiger partial charge on any atom is 0.417 e. The van der Waals surface area contributed by atoms with Crippen molar-refractivity contribution in [3.63, 3.8) is 0 Å². The van der Waals surface area contributed by atoms with Crippen LogP contribution in [0.4, 0.5) is 13.2 Å². The lowest BCUT2D eigenvalue weighted by atomic mass is 9.99. The lowest BCUT2D eigenvalue weighted by Gasteiger charge is -2.13. The first kappa shape index (κ1) is 19.5. The highest BCUT2D eigenvalue weighted by molar-refractivity contribution is 8.12. The third kappa shape index (κ3) is 4.36. The van der Waals surface area contributed by atoms with Gasteiger partial charge in [-0.3, -0.25) is 4.79 Å². The topological polar surface area (TPSA) is 47.3 Å². The van der Waals surface area contributed by atoms with Crippen LogP contribution in [-0.4, -0.2) is 5.12 Å². The molecule has 8 heteroatoms. The SMILES string of the molecule is CC(=O)SCc1ccc2cc(-c3ccc(Cl)cc3C(F)(F)F)c(=O)oc2c1. The van der Waals surface area contributed by atoms with Gasteiger partial charge in [-0.25, -0.2) is 4.79 Å². The average molecular weight is 413 g/mol. The van der Waals surface area contributed by atoms with E-state index in [-0.39, 0.29) is 26.8 Å². The van der Waals surface area contributed by atoms with Crippen molar-refractivity contribution in [3.05, 3.63) is 69.0 Å². The van der Waals surface area contributed by atoms with Gasteiger partial charge in [-0.2, -0.15) is 13.2 Å². The second kappa shape index (κ2) is 7.40. The highest BCUT2D eigenvalue weighted by Gasteiger charge is 2.34. The Bertz CT molecular complexity index is 1090. The molecule has 0 aliphatic heterocycles. The molecule has 0 N–H and O–H groups in total. The van der Waals surface area contributed by atoms with Crippen LogP contribution in [0.1, 0.15) is 18.1 Å². The van der Waals surface area contributed by atoms with Gasteiger partial charge in [-0.15, -0.1) is 0 Å². The Hall–Kier alpha value is -2.25. The fourth-order valence-corrected chi connectivity index (χ4v) is 3.33. The summed E-state index contributed by atoms with van der Waals surface area (Å²) in [4.78, 5) is 23.4. The molecule has 0 saturated heterocycles. The molecule has 0 bridgehead atoms. The van der Waals surface area contributed by atoms with Crippen molar-refractivity contribution in [3.8, 4) is 11.1 Å². The molecule has 0 atom stereocenters. The predicted octanol–water partition coefficient (Wildman–Crippen LogP) is 5.91. The molecule has 0 unspecified atom stereocenters. The van der Waals surface area contributed by atoms with Crippen molar-refractivity contribution in [1.82, 2.24) is 0 Å². The smallest absolute Gasteiger partial charge is 0.417 e. The minimum absolute atomic E-state index is 0.0469. The summed E-state index contributed by atoms with van der Waals surface area (Å²) in [7, 11) is 0. The Balaban J connectivity index is 2.12. The minimum Gasteiger partial charge on any atom is -0.422 e. The minimum atomic E-state index is -4.67. The predicted molar refractivity (Wildman–Crippen MR) is 99.9 cm³/mol. The van der Waals surface area contributed by atoms with Gasteiger partial charge in [0.25, 0.3) is 0 Å². The van der Waals surface area contributed by atoms with E-state index < -0.39 is 17.4 Å². The molecule has 1 aromatic heterocycles. The van der Waals surface area contributed by atoms with Gasteiger partial charge in [-0.1, -0.05) is 41.6 Å². The van der Waals surface area contributed by atoms with Crippen LogP contribution in [-0.2, 0) is 16.7 Å². The number of halogens is 4. The van der Waals surface area contributed by atoms with Crippen molar-refractivity contribution < 1.29 is 22.4 Å². The van der Waals surface area contributed by atoms with Gasteiger partial charge in [0.05, 0.1) is 11.1 Å². The van der Waals surface area contributed by atoms with Gasteiger partial charge < -0.3 is 4.42 Å². The van der Waals surface area contributed by atoms with Crippen LogP contribution in [0.15, 0.2) is 51.7 Å². The summed E-state index contributed by atoms with van der Waals surface area (Å²) in [6.45, 7) is 1.45. The summed E-state index contributed by atoms with van der Waals surface area (Å²) in [5.41, 5.74) is -1.37. The Morgan fingerprint density at radius 2 is 1.85 bits per heavy atom. The average Bonchev–Trinajstić information content (AvgIpc) is 2.58. The van der Waals surface area contributed by atoms with Crippen molar-refractivity contribution in [2.75, 3.05) is 0 Å². The Morgan fingerprint density at radius 3 is 2.52 bits per heavy atom. The molecule has 3 nitrogen and oxygen atoms in total. The van der Waals surface area contributed by atoms with Crippen molar-refractivity contribution in [1.29, 1.82) is 0 Å². The molecule has 0 saturated carbocycles. The molecule has 3 rings (SSSR count). The lowest BCUT2D eigenvalue weighted by Crippen LogP contribution is -2.11. The fourth-order valence-electron chi connectivity index (χ4n) is 2.60. The van der Waals surface area contributed by atoms with Crippen molar-refractivity contribution in [2.45, 2.75) is 18.9 Å². The first-order chi connectivity index (χ1) is 12.6. The Labute approximate surface area is 161 Å². The molecule has 0 spiro atoms. The van der Waals surface area contributed by atoms with Gasteiger partial charge >= 0.3 is 11.8 Å². The monoisotopic (exact) mass is 412 g/mol. The Morgan fingerprint density at radius 1 is 1.11 bits per heavy atom. The normalized spacial score (nSPS) is 11.7. The number of fused-ring (bicyclic) bond motifs is 1. The van der Waals surface area contributed by atoms with E-state index >= 15 is 0 Å². The van der Waals surface area contributed by atoms with Crippen molar-refractivity contribution in [2.24, 2.45) is 0 Å². The second-order valence-corrected chi connectivity index (χ2v) is 7.38. The highest BCUT2D eigenvalue weighted by Crippen LogP contribution is 2.38. The van der Waals surface area contributed by atoms with E-state index in [1.165, 1.54) is 19.1 Å². The third-order valence-electron chi connectivity index (χ3n) is 3.82. The molecule has 0 aliphatic rings. The van der Waals surface area contributed by atoms with Crippen LogP contribution in [0, 0.1) is 0 Å². The number of hydrogen-bond acceptors (Lipinski definition) is 4. The first-order valence-electron chi connectivity index (χ1n) is 7.72. The molecule has 0 aliphatic carbocycles. The van der Waals surface area contributed by atoms with E-state index in [1.54, 1.807) is 18.2 Å². The van der Waals surface area contributed by atoms with E-state index in [0.717, 1.165) is 29.5 Å². The maximum atomic E-state index is 13.3. The standard InChI is InChI=1S/C19H12ClF3O3S/c1-10(24)27-9-11-2-3-12-7-15(18(25)26-17(12)6-11)14-5-4-13(20)8-16(14)19(21,22)23/h2-8H,9H2,1H3. The van der Waals surface area contributed by atoms with Gasteiger partial charge in [0.15, 0.2) is 5.12 Å². The molecule has 27 heavy (non-hydrogen) atoms. The van der Waals surface area contributed by atoms with Gasteiger partial charge in [0, 0.05) is 28.6 Å². The number of thioether (sulfide) groups is 1. The summed E-state index contributed by atoms with van der Waals surface area (Å²) in [5.74, 6) is 0.409. The largest absolute Gasteiger partial charge is 0.422 e. The van der Waals surface area contributed by atoms with Gasteiger partial charge in [-0.05, 0) is 29.8 Å². The lowest BCUT2D eigenvalue weighted by molar-refractivity contribution is -0.137. The van der Waals surface area contributed by atoms with Crippen LogP contribution in [0.5, 0.6) is 0 Å². The molecule has 1 heterocycles. The maximum absolute atomic E-state index is 13.3. The molecule has 140 valence electrons. The van der Waals surface area contributed by atoms with Crippen LogP contribution in [0.3, 0.4) is 0 Å². The number of carbonyl (C=O) groups is 1. The number of carbonyl (C=O) groups excluding carboxylic acids is 1. The number of alkyl halides is 3. The van der Waals surface area contributed by atoms with Crippen LogP contribution >= 0.6 is 23.4 Å². The summed E-state index contributed by atoms with van der Waals surface area (Å²) < 4.78 is 45.3. The summed E-state index contributed by atoms with van der Waals surface area (Å²) in [6, 6.07) is 9.56. The number of hydrogen-bond donors (Lipinski definition) is 0. The molecule has 0 amide bonds. The number of benzene rings is 2. The molecule has 2 aromatic carbocycles. The third-order valence-corrected chi connectivity index (χ3v) is 4.94. The molecular formula is C19H12ClF3O3S. The zero-order valence-electron chi connectivity index (χ0n) is 13.9. The van der Waals surface area contributed by atoms with Crippen LogP contribution in [0.2, 0.25) is 5.02 Å². The summed E-state index contributed by atoms with van der Waals surface area (Å²) in [6.07, 6.45) is -4.67. The molecular weight excluding hydrogens is 401 g/mol. The van der Waals surface area contributed by atoms with E-state index in [2.05, 4.69) is 0 Å². The number of rotatable bonds is 3. The molecule has 3 aromatic rings. The zero-order valence-corrected chi connectivity index (χ0v) is 15.5. The molecule has 0 radical (unpaired) electrons. The quantitative estimate of drug-likeness (QED) is 0.501. The highest BCUT2D eigenvalue weighted by atomic mass is 35.5. The summed E-state index contributed by atoms with van der Waals surface area (Å²) in [5, 5.41) is 0.349. The first-order valence-corrected chi connectivity index (χ1v) is 9.09. The second-order valence-electron chi connectivity index (χ2n) is 5.79. The zero-order chi connectivity index (χ0) is 19.8. The Kier molecular flexibility index (Phi) is 5.35. The molecule has 0 fully saturated rings. The van der Waals surface area contributed by atoms with Crippen LogP contribution < -0.4 is 5.63 Å². The van der Waals surface area contributed by atoms with E-state index in [4.69, 9.17) is 16.0 Å². The van der Waals surface area contributed by atoms with E-state index in [0.29, 0.717) is 11.1 Å². The summed E-state index contributed by atoms with van der Waals surface area (Å²) >= 11 is 6.79. The van der Waals surface area contributed by atoms with E-state index in [1.807, 2.05) is 0 Å².